The van der Waals surface area contributed by atoms with Gasteiger partial charge < -0.3 is 15.1 Å². The monoisotopic (exact) mass is 297 g/mol. The highest BCUT2D eigenvalue weighted by Crippen LogP contribution is 2.32. The largest absolute Gasteiger partial charge is 0.480 e. The molecule has 2 N–H and O–H groups in total. The minimum Gasteiger partial charge on any atom is -0.480 e. The molecule has 0 spiro atoms. The van der Waals surface area contributed by atoms with Crippen LogP contribution in [0.5, 0.6) is 0 Å². The summed E-state index contributed by atoms with van der Waals surface area (Å²) in [6, 6.07) is 2.80. The first-order chi connectivity index (χ1) is 9.06. The molecule has 5 nitrogen and oxygen atoms in total. The van der Waals surface area contributed by atoms with Gasteiger partial charge in [-0.25, -0.2) is 4.79 Å². The number of carbonyl (C=O) groups excluding carboxylic acids is 1. The fourth-order valence-corrected chi connectivity index (χ4v) is 4.35. The molecule has 2 atom stereocenters. The molecule has 1 aliphatic rings. The van der Waals surface area contributed by atoms with Gasteiger partial charge in [0.25, 0.3) is 5.91 Å². The first-order valence-electron chi connectivity index (χ1n) is 5.75. The molecular weight excluding hydrogens is 286 g/mol. The Hall–Kier alpha value is -1.44. The molecule has 100 valence electrons. The molecule has 2 aromatic rings. The number of thiophene rings is 2. The van der Waals surface area contributed by atoms with Crippen molar-refractivity contribution in [3.8, 4) is 0 Å². The van der Waals surface area contributed by atoms with Crippen molar-refractivity contribution in [2.45, 2.75) is 18.6 Å². The lowest BCUT2D eigenvalue weighted by molar-refractivity contribution is -0.141. The van der Waals surface area contributed by atoms with E-state index in [2.05, 4.69) is 0 Å². The van der Waals surface area contributed by atoms with Gasteiger partial charge in [-0.1, -0.05) is 0 Å². The minimum atomic E-state index is -1.07. The molecule has 2 unspecified atom stereocenters. The zero-order valence-corrected chi connectivity index (χ0v) is 11.4. The third-order valence-electron chi connectivity index (χ3n) is 3.18. The summed E-state index contributed by atoms with van der Waals surface area (Å²) in [5.74, 6) is -1.37. The molecule has 2 aromatic heterocycles. The average molecular weight is 297 g/mol. The molecule has 1 amide bonds. The second-order valence-electron chi connectivity index (χ2n) is 4.46. The van der Waals surface area contributed by atoms with E-state index in [1.54, 1.807) is 17.4 Å². The topological polar surface area (TPSA) is 77.8 Å². The number of aliphatic carboxylic acids is 1. The third kappa shape index (κ3) is 2.13. The van der Waals surface area contributed by atoms with Gasteiger partial charge in [-0.05, 0) is 17.5 Å². The number of β-amino-alcohol motifs (C(OH)–C–C–N with tert-alkyl or cyclic N) is 1. The van der Waals surface area contributed by atoms with E-state index in [4.69, 9.17) is 5.11 Å². The van der Waals surface area contributed by atoms with Gasteiger partial charge in [0.15, 0.2) is 0 Å². The average Bonchev–Trinajstić information content (AvgIpc) is 2.99. The number of aliphatic hydroxyl groups is 1. The van der Waals surface area contributed by atoms with E-state index in [9.17, 15) is 14.7 Å². The molecular formula is C12H11NO4S2. The Kier molecular flexibility index (Phi) is 3.04. The molecule has 1 fully saturated rings. The predicted octanol–water partition coefficient (Wildman–Crippen LogP) is 1.62. The van der Waals surface area contributed by atoms with Crippen molar-refractivity contribution in [2.75, 3.05) is 6.54 Å². The summed E-state index contributed by atoms with van der Waals surface area (Å²) in [6.07, 6.45) is -0.660. The standard InChI is InChI=1S/C12H11NO4S2/c14-6-3-7(12(16)17)13(5-6)11(15)10-4-9-8(19-10)1-2-18-9/h1-2,4,6-7,14H,3,5H2,(H,16,17). The normalized spacial score (nSPS) is 23.1. The zero-order valence-electron chi connectivity index (χ0n) is 9.78. The van der Waals surface area contributed by atoms with E-state index in [1.165, 1.54) is 16.2 Å². The Bertz CT molecular complexity index is 618. The molecule has 1 saturated heterocycles. The van der Waals surface area contributed by atoms with Crippen LogP contribution in [-0.2, 0) is 4.79 Å². The summed E-state index contributed by atoms with van der Waals surface area (Å²) in [5, 5.41) is 20.6. The molecule has 0 radical (unpaired) electrons. The molecule has 1 aliphatic heterocycles. The highest BCUT2D eigenvalue weighted by molar-refractivity contribution is 7.27. The van der Waals surface area contributed by atoms with Gasteiger partial charge in [0.2, 0.25) is 0 Å². The maximum absolute atomic E-state index is 12.3. The van der Waals surface area contributed by atoms with Crippen LogP contribution in [0.4, 0.5) is 0 Å². The van der Waals surface area contributed by atoms with E-state index >= 15 is 0 Å². The van der Waals surface area contributed by atoms with Crippen molar-refractivity contribution in [3.05, 3.63) is 22.4 Å². The fourth-order valence-electron chi connectivity index (χ4n) is 2.29. The van der Waals surface area contributed by atoms with Crippen LogP contribution in [-0.4, -0.2) is 45.7 Å². The Labute approximate surface area is 116 Å². The van der Waals surface area contributed by atoms with Crippen molar-refractivity contribution in [2.24, 2.45) is 0 Å². The SMILES string of the molecule is O=C(O)C1CC(O)CN1C(=O)c1cc2sccc2s1. The number of rotatable bonds is 2. The van der Waals surface area contributed by atoms with Gasteiger partial charge in [-0.3, -0.25) is 4.79 Å². The zero-order chi connectivity index (χ0) is 13.6. The van der Waals surface area contributed by atoms with Crippen LogP contribution in [0.25, 0.3) is 9.40 Å². The Morgan fingerprint density at radius 3 is 2.84 bits per heavy atom. The van der Waals surface area contributed by atoms with Crippen molar-refractivity contribution < 1.29 is 19.8 Å². The van der Waals surface area contributed by atoms with E-state index in [0.29, 0.717) is 4.88 Å². The van der Waals surface area contributed by atoms with Crippen molar-refractivity contribution in [1.82, 2.24) is 4.90 Å². The fraction of sp³-hybridized carbons (Fsp3) is 0.333. The molecule has 0 saturated carbocycles. The van der Waals surface area contributed by atoms with E-state index in [0.717, 1.165) is 9.40 Å². The maximum atomic E-state index is 12.3. The number of likely N-dealkylation sites (tertiary alicyclic amines) is 1. The van der Waals surface area contributed by atoms with Gasteiger partial charge in [0.1, 0.15) is 6.04 Å². The molecule has 0 aromatic carbocycles. The Balaban J connectivity index is 1.90. The molecule has 7 heteroatoms. The Morgan fingerprint density at radius 1 is 1.37 bits per heavy atom. The maximum Gasteiger partial charge on any atom is 0.326 e. The molecule has 0 bridgehead atoms. The van der Waals surface area contributed by atoms with Gasteiger partial charge in [-0.15, -0.1) is 22.7 Å². The summed E-state index contributed by atoms with van der Waals surface area (Å²) < 4.78 is 2.06. The van der Waals surface area contributed by atoms with Gasteiger partial charge in [-0.2, -0.15) is 0 Å². The quantitative estimate of drug-likeness (QED) is 0.883. The number of carbonyl (C=O) groups is 2. The highest BCUT2D eigenvalue weighted by atomic mass is 32.1. The summed E-state index contributed by atoms with van der Waals surface area (Å²) in [7, 11) is 0. The lowest BCUT2D eigenvalue weighted by Gasteiger charge is -2.20. The van der Waals surface area contributed by atoms with Crippen LogP contribution in [0.1, 0.15) is 16.1 Å². The van der Waals surface area contributed by atoms with Crippen molar-refractivity contribution in [1.29, 1.82) is 0 Å². The summed E-state index contributed by atoms with van der Waals surface area (Å²) in [6.45, 7) is 0.0847. The van der Waals surface area contributed by atoms with Gasteiger partial charge in [0.05, 0.1) is 11.0 Å². The Morgan fingerprint density at radius 2 is 2.16 bits per heavy atom. The number of aliphatic hydroxyl groups excluding tert-OH is 1. The first-order valence-corrected chi connectivity index (χ1v) is 7.45. The van der Waals surface area contributed by atoms with Crippen LogP contribution in [0.3, 0.4) is 0 Å². The highest BCUT2D eigenvalue weighted by Gasteiger charge is 2.39. The van der Waals surface area contributed by atoms with E-state index in [1.807, 2.05) is 11.4 Å². The van der Waals surface area contributed by atoms with Crippen LogP contribution in [0.15, 0.2) is 17.5 Å². The minimum absolute atomic E-state index is 0.0847. The summed E-state index contributed by atoms with van der Waals surface area (Å²) >= 11 is 2.91. The smallest absolute Gasteiger partial charge is 0.326 e. The van der Waals surface area contributed by atoms with Crippen LogP contribution in [0.2, 0.25) is 0 Å². The molecule has 0 aliphatic carbocycles. The predicted molar refractivity (Wildman–Crippen MR) is 72.8 cm³/mol. The summed E-state index contributed by atoms with van der Waals surface area (Å²) in [5.41, 5.74) is 0. The van der Waals surface area contributed by atoms with Crippen LogP contribution in [0, 0.1) is 0 Å². The second kappa shape index (κ2) is 4.59. The molecule has 19 heavy (non-hydrogen) atoms. The van der Waals surface area contributed by atoms with Crippen LogP contribution >= 0.6 is 22.7 Å². The van der Waals surface area contributed by atoms with E-state index in [-0.39, 0.29) is 18.9 Å². The number of nitrogens with zero attached hydrogens (tertiary/aromatic N) is 1. The number of hydrogen-bond acceptors (Lipinski definition) is 5. The van der Waals surface area contributed by atoms with Gasteiger partial charge in [0, 0.05) is 22.4 Å². The number of fused-ring (bicyclic) bond motifs is 1. The molecule has 3 heterocycles. The lowest BCUT2D eigenvalue weighted by atomic mass is 10.2. The van der Waals surface area contributed by atoms with Crippen molar-refractivity contribution >= 4 is 43.9 Å². The third-order valence-corrected chi connectivity index (χ3v) is 5.26. The van der Waals surface area contributed by atoms with E-state index < -0.39 is 18.1 Å². The number of carboxylic acid groups (broad SMARTS) is 1. The first kappa shape index (κ1) is 12.6. The number of hydrogen-bond donors (Lipinski definition) is 2. The van der Waals surface area contributed by atoms with Crippen LogP contribution < -0.4 is 0 Å². The summed E-state index contributed by atoms with van der Waals surface area (Å²) in [4.78, 5) is 25.2. The second-order valence-corrected chi connectivity index (χ2v) is 6.49. The lowest BCUT2D eigenvalue weighted by Crippen LogP contribution is -2.40. The number of carboxylic acids is 1. The number of amides is 1. The van der Waals surface area contributed by atoms with Gasteiger partial charge >= 0.3 is 5.97 Å². The van der Waals surface area contributed by atoms with Crippen molar-refractivity contribution in [3.63, 3.8) is 0 Å². The molecule has 3 rings (SSSR count).